The van der Waals surface area contributed by atoms with E-state index in [0.29, 0.717) is 6.07 Å². The van der Waals surface area contributed by atoms with Crippen LogP contribution in [0.5, 0.6) is 0 Å². The summed E-state index contributed by atoms with van der Waals surface area (Å²) in [5, 5.41) is 0. The Labute approximate surface area is 132 Å². The van der Waals surface area contributed by atoms with Crippen LogP contribution in [0.15, 0.2) is 36.5 Å². The van der Waals surface area contributed by atoms with Gasteiger partial charge in [0, 0.05) is 11.8 Å². The number of rotatable bonds is 3. The molecular formula is C16H9F6NO. The van der Waals surface area contributed by atoms with Crippen LogP contribution in [-0.4, -0.2) is 11.3 Å². The van der Waals surface area contributed by atoms with E-state index in [1.807, 2.05) is 0 Å². The highest BCUT2D eigenvalue weighted by atomic mass is 19.4. The number of halogens is 6. The smallest absolute Gasteiger partial charge is 0.298 e. The molecule has 0 aliphatic heterocycles. The van der Waals surface area contributed by atoms with Gasteiger partial charge in [0.05, 0.1) is 16.8 Å². The molecule has 1 aromatic heterocycles. The second kappa shape index (κ2) is 6.46. The monoisotopic (exact) mass is 345 g/mol. The molecule has 126 valence electrons. The number of alkyl halides is 6. The third-order valence-corrected chi connectivity index (χ3v) is 3.00. The highest BCUT2D eigenvalue weighted by Crippen LogP contribution is 2.31. The predicted molar refractivity (Wildman–Crippen MR) is 75.0 cm³/mol. The van der Waals surface area contributed by atoms with E-state index < -0.39 is 23.5 Å². The maximum Gasteiger partial charge on any atom is 0.416 e. The maximum absolute atomic E-state index is 12.8. The number of hydrogen-bond acceptors (Lipinski definition) is 2. The predicted octanol–water partition coefficient (Wildman–Crippen LogP) is 5.10. The van der Waals surface area contributed by atoms with Crippen molar-refractivity contribution in [2.24, 2.45) is 0 Å². The summed E-state index contributed by atoms with van der Waals surface area (Å²) < 4.78 is 76.1. The molecule has 0 aliphatic carbocycles. The number of carbonyl (C=O) groups is 1. The second-order valence-corrected chi connectivity index (χ2v) is 4.80. The summed E-state index contributed by atoms with van der Waals surface area (Å²) in [4.78, 5) is 14.4. The molecule has 2 rings (SSSR count). The van der Waals surface area contributed by atoms with Crippen molar-refractivity contribution in [1.82, 2.24) is 4.98 Å². The Hall–Kier alpha value is -2.64. The highest BCUT2D eigenvalue weighted by molar-refractivity contribution is 5.78. The van der Waals surface area contributed by atoms with Gasteiger partial charge in [-0.05, 0) is 42.0 Å². The fraction of sp³-hybridized carbons (Fsp3) is 0.125. The van der Waals surface area contributed by atoms with E-state index in [-0.39, 0.29) is 23.1 Å². The van der Waals surface area contributed by atoms with Crippen molar-refractivity contribution >= 4 is 18.4 Å². The Morgan fingerprint density at radius 1 is 0.792 bits per heavy atom. The largest absolute Gasteiger partial charge is 0.416 e. The summed E-state index contributed by atoms with van der Waals surface area (Å²) in [5.74, 6) is 0. The minimum atomic E-state index is -4.64. The van der Waals surface area contributed by atoms with Crippen molar-refractivity contribution in [1.29, 1.82) is 0 Å². The first-order chi connectivity index (χ1) is 11.1. The van der Waals surface area contributed by atoms with E-state index in [0.717, 1.165) is 36.5 Å². The molecular weight excluding hydrogens is 336 g/mol. The molecule has 0 saturated heterocycles. The van der Waals surface area contributed by atoms with Crippen molar-refractivity contribution in [3.8, 4) is 0 Å². The topological polar surface area (TPSA) is 30.0 Å². The summed E-state index contributed by atoms with van der Waals surface area (Å²) in [6, 6.07) is 4.22. The lowest BCUT2D eigenvalue weighted by Crippen LogP contribution is -2.06. The van der Waals surface area contributed by atoms with E-state index in [9.17, 15) is 31.1 Å². The third kappa shape index (κ3) is 4.43. The van der Waals surface area contributed by atoms with Gasteiger partial charge in [0.15, 0.2) is 0 Å². The Morgan fingerprint density at radius 3 is 2.00 bits per heavy atom. The zero-order chi connectivity index (χ0) is 18.0. The maximum atomic E-state index is 12.8. The highest BCUT2D eigenvalue weighted by Gasteiger charge is 2.31. The number of hydrogen-bond donors (Lipinski definition) is 0. The first kappa shape index (κ1) is 17.7. The second-order valence-electron chi connectivity index (χ2n) is 4.80. The Balaban J connectivity index is 2.37. The van der Waals surface area contributed by atoms with Gasteiger partial charge < -0.3 is 0 Å². The van der Waals surface area contributed by atoms with Crippen LogP contribution in [-0.2, 0) is 12.4 Å². The summed E-state index contributed by atoms with van der Waals surface area (Å²) in [7, 11) is 0. The molecule has 2 aromatic rings. The molecule has 0 fully saturated rings. The molecule has 0 aliphatic rings. The van der Waals surface area contributed by atoms with Crippen LogP contribution >= 0.6 is 0 Å². The summed E-state index contributed by atoms with van der Waals surface area (Å²) in [6.45, 7) is 0. The van der Waals surface area contributed by atoms with Gasteiger partial charge in [-0.15, -0.1) is 0 Å². The van der Waals surface area contributed by atoms with E-state index in [4.69, 9.17) is 0 Å². The van der Waals surface area contributed by atoms with Gasteiger partial charge in [0.25, 0.3) is 0 Å². The molecule has 0 spiro atoms. The molecule has 0 bridgehead atoms. The lowest BCUT2D eigenvalue weighted by molar-refractivity contribution is -0.138. The fourth-order valence-electron chi connectivity index (χ4n) is 1.90. The Bertz CT molecular complexity index is 777. The van der Waals surface area contributed by atoms with E-state index in [1.54, 1.807) is 0 Å². The quantitative estimate of drug-likeness (QED) is 0.572. The molecule has 0 N–H and O–H groups in total. The number of pyridine rings is 1. The van der Waals surface area contributed by atoms with Crippen LogP contribution in [0.2, 0.25) is 0 Å². The molecule has 24 heavy (non-hydrogen) atoms. The summed E-state index contributed by atoms with van der Waals surface area (Å²) in [5.41, 5.74) is -2.19. The Kier molecular flexibility index (Phi) is 4.77. The van der Waals surface area contributed by atoms with Crippen molar-refractivity contribution in [3.05, 3.63) is 64.5 Å². The normalized spacial score (nSPS) is 12.6. The van der Waals surface area contributed by atoms with Gasteiger partial charge in [-0.25, -0.2) is 0 Å². The van der Waals surface area contributed by atoms with Crippen molar-refractivity contribution in [2.45, 2.75) is 12.4 Å². The minimum absolute atomic E-state index is 0.0196. The van der Waals surface area contributed by atoms with Crippen LogP contribution in [0, 0.1) is 0 Å². The summed E-state index contributed by atoms with van der Waals surface area (Å²) in [6.07, 6.45) is -5.69. The molecule has 0 atom stereocenters. The third-order valence-electron chi connectivity index (χ3n) is 3.00. The Morgan fingerprint density at radius 2 is 1.42 bits per heavy atom. The SMILES string of the molecule is O=Cc1cc(/C=C/c2cc(C(F)(F)F)ccn2)cc(C(F)(F)F)c1. The zero-order valence-electron chi connectivity index (χ0n) is 11.8. The average molecular weight is 345 g/mol. The number of nitrogens with zero attached hydrogens (tertiary/aromatic N) is 1. The average Bonchev–Trinajstić information content (AvgIpc) is 2.51. The first-order valence-corrected chi connectivity index (χ1v) is 6.48. The van der Waals surface area contributed by atoms with Gasteiger partial charge in [-0.1, -0.05) is 6.08 Å². The van der Waals surface area contributed by atoms with Crippen LogP contribution in [0.4, 0.5) is 26.3 Å². The standard InChI is InChI=1S/C16H9F6NO/c17-15(18,19)12-3-4-23-14(8-12)2-1-10-5-11(9-24)7-13(6-10)16(20,21)22/h1-9H/b2-1+. The van der Waals surface area contributed by atoms with Gasteiger partial charge >= 0.3 is 12.4 Å². The van der Waals surface area contributed by atoms with Crippen molar-refractivity contribution < 1.29 is 31.1 Å². The summed E-state index contributed by atoms with van der Waals surface area (Å²) >= 11 is 0. The number of carbonyl (C=O) groups excluding carboxylic acids is 1. The molecule has 8 heteroatoms. The minimum Gasteiger partial charge on any atom is -0.298 e. The zero-order valence-corrected chi connectivity index (χ0v) is 11.8. The van der Waals surface area contributed by atoms with Gasteiger partial charge in [0.2, 0.25) is 0 Å². The molecule has 0 unspecified atom stereocenters. The fourth-order valence-corrected chi connectivity index (χ4v) is 1.90. The number of aromatic nitrogens is 1. The number of aldehydes is 1. The van der Waals surface area contributed by atoms with E-state index in [2.05, 4.69) is 4.98 Å². The first-order valence-electron chi connectivity index (χ1n) is 6.48. The molecule has 2 nitrogen and oxygen atoms in total. The molecule has 0 saturated carbocycles. The van der Waals surface area contributed by atoms with Crippen LogP contribution in [0.3, 0.4) is 0 Å². The lowest BCUT2D eigenvalue weighted by Gasteiger charge is -2.08. The van der Waals surface area contributed by atoms with Gasteiger partial charge in [-0.3, -0.25) is 9.78 Å². The number of benzene rings is 1. The van der Waals surface area contributed by atoms with Crippen molar-refractivity contribution in [2.75, 3.05) is 0 Å². The molecule has 1 aromatic carbocycles. The van der Waals surface area contributed by atoms with Crippen LogP contribution in [0.1, 0.15) is 32.7 Å². The molecule has 1 heterocycles. The lowest BCUT2D eigenvalue weighted by atomic mass is 10.0. The molecule has 0 radical (unpaired) electrons. The molecule has 0 amide bonds. The van der Waals surface area contributed by atoms with Gasteiger partial charge in [0.1, 0.15) is 6.29 Å². The van der Waals surface area contributed by atoms with Crippen LogP contribution < -0.4 is 0 Å². The van der Waals surface area contributed by atoms with Crippen molar-refractivity contribution in [3.63, 3.8) is 0 Å². The van der Waals surface area contributed by atoms with Gasteiger partial charge in [-0.2, -0.15) is 26.3 Å². The van der Waals surface area contributed by atoms with E-state index in [1.165, 1.54) is 6.07 Å². The van der Waals surface area contributed by atoms with E-state index >= 15 is 0 Å². The van der Waals surface area contributed by atoms with Crippen LogP contribution in [0.25, 0.3) is 12.2 Å².